The highest BCUT2D eigenvalue weighted by atomic mass is 19.3. The van der Waals surface area contributed by atoms with E-state index < -0.39 is 19.4 Å². The van der Waals surface area contributed by atoms with Gasteiger partial charge in [-0.25, -0.2) is 4.39 Å². The minimum Gasteiger partial charge on any atom is -0.256 e. The molecule has 0 unspecified atom stereocenters. The molecule has 0 aromatic carbocycles. The van der Waals surface area contributed by atoms with Gasteiger partial charge in [-0.1, -0.05) is 0 Å². The maximum Gasteiger partial charge on any atom is 0.388 e. The molecular formula is C3H3F5O. The van der Waals surface area contributed by atoms with Gasteiger partial charge in [0.25, 0.3) is 0 Å². The van der Waals surface area contributed by atoms with Gasteiger partial charge in [0.05, 0.1) is 0 Å². The Balaban J connectivity index is 3.58. The molecule has 56 valence electrons. The molecule has 6 heteroatoms. The Labute approximate surface area is 47.4 Å². The number of alkyl halides is 5. The van der Waals surface area contributed by atoms with Crippen LogP contribution < -0.4 is 0 Å². The van der Waals surface area contributed by atoms with Crippen LogP contribution in [-0.2, 0) is 4.74 Å². The number of hydrogen-bond acceptors (Lipinski definition) is 1. The van der Waals surface area contributed by atoms with Crippen LogP contribution in [0.25, 0.3) is 0 Å². The van der Waals surface area contributed by atoms with Gasteiger partial charge in [-0.3, -0.25) is 4.74 Å². The molecule has 0 aliphatic rings. The minimum atomic E-state index is -4.35. The summed E-state index contributed by atoms with van der Waals surface area (Å²) in [6, 6.07) is 0. The number of rotatable bonds is 3. The molecule has 0 fully saturated rings. The van der Waals surface area contributed by atoms with Gasteiger partial charge in [0.2, 0.25) is 0 Å². The molecule has 9 heavy (non-hydrogen) atoms. The van der Waals surface area contributed by atoms with Crippen LogP contribution in [0.5, 0.6) is 0 Å². The van der Waals surface area contributed by atoms with E-state index in [9.17, 15) is 22.0 Å². The average Bonchev–Trinajstić information content (AvgIpc) is 1.63. The Morgan fingerprint density at radius 1 is 1.33 bits per heavy atom. The van der Waals surface area contributed by atoms with Crippen molar-refractivity contribution in [3.8, 4) is 0 Å². The van der Waals surface area contributed by atoms with Crippen molar-refractivity contribution in [3.05, 3.63) is 0 Å². The summed E-state index contributed by atoms with van der Waals surface area (Å²) in [5.74, 6) is 0. The lowest BCUT2D eigenvalue weighted by Gasteiger charge is -2.10. The fraction of sp³-hybridized carbons (Fsp3) is 1.00. The number of hydrogen-bond donors (Lipinski definition) is 0. The monoisotopic (exact) mass is 150 g/mol. The quantitative estimate of drug-likeness (QED) is 0.557. The van der Waals surface area contributed by atoms with Crippen molar-refractivity contribution in [2.75, 3.05) is 6.67 Å². The molecule has 0 bridgehead atoms. The van der Waals surface area contributed by atoms with E-state index in [1.807, 2.05) is 0 Å². The van der Waals surface area contributed by atoms with E-state index in [1.165, 1.54) is 0 Å². The third-order valence-electron chi connectivity index (χ3n) is 0.417. The van der Waals surface area contributed by atoms with Crippen LogP contribution in [0.3, 0.4) is 0 Å². The van der Waals surface area contributed by atoms with Gasteiger partial charge >= 0.3 is 12.7 Å². The maximum atomic E-state index is 11.3. The van der Waals surface area contributed by atoms with Crippen molar-refractivity contribution >= 4 is 0 Å². The second-order valence-electron chi connectivity index (χ2n) is 1.15. The summed E-state index contributed by atoms with van der Waals surface area (Å²) >= 11 is 0. The van der Waals surface area contributed by atoms with Crippen LogP contribution in [0.4, 0.5) is 22.0 Å². The first-order valence-corrected chi connectivity index (χ1v) is 1.88. The Morgan fingerprint density at radius 2 is 1.78 bits per heavy atom. The smallest absolute Gasteiger partial charge is 0.256 e. The van der Waals surface area contributed by atoms with Gasteiger partial charge in [-0.05, 0) is 0 Å². The van der Waals surface area contributed by atoms with Crippen LogP contribution in [0.15, 0.2) is 0 Å². The van der Waals surface area contributed by atoms with E-state index in [2.05, 4.69) is 4.74 Å². The largest absolute Gasteiger partial charge is 0.388 e. The predicted molar refractivity (Wildman–Crippen MR) is 18.0 cm³/mol. The maximum absolute atomic E-state index is 11.3. The van der Waals surface area contributed by atoms with Crippen LogP contribution >= 0.6 is 0 Å². The Hall–Kier alpha value is -0.390. The minimum absolute atomic E-state index is 2.24. The molecule has 0 rings (SSSR count). The third kappa shape index (κ3) is 4.14. The van der Waals surface area contributed by atoms with Crippen molar-refractivity contribution in [1.82, 2.24) is 0 Å². The highest BCUT2D eigenvalue weighted by Crippen LogP contribution is 2.18. The van der Waals surface area contributed by atoms with E-state index >= 15 is 0 Å². The fourth-order valence-electron chi connectivity index (χ4n) is 0.162. The lowest BCUT2D eigenvalue weighted by Crippen LogP contribution is -2.25. The summed E-state index contributed by atoms with van der Waals surface area (Å²) < 4.78 is 57.8. The molecule has 0 aliphatic heterocycles. The number of ether oxygens (including phenoxy) is 1. The van der Waals surface area contributed by atoms with Crippen molar-refractivity contribution in [2.24, 2.45) is 0 Å². The zero-order valence-electron chi connectivity index (χ0n) is 4.08. The average molecular weight is 150 g/mol. The Bertz CT molecular complexity index is 82.3. The van der Waals surface area contributed by atoms with Crippen molar-refractivity contribution < 1.29 is 26.7 Å². The summed E-state index contributed by atoms with van der Waals surface area (Å²) in [5.41, 5.74) is 0. The van der Waals surface area contributed by atoms with Crippen LogP contribution in [-0.4, -0.2) is 19.4 Å². The summed E-state index contributed by atoms with van der Waals surface area (Å²) in [5, 5.41) is 0. The third-order valence-corrected chi connectivity index (χ3v) is 0.417. The molecule has 0 aromatic heterocycles. The van der Waals surface area contributed by atoms with Crippen molar-refractivity contribution in [1.29, 1.82) is 0 Å². The fourth-order valence-corrected chi connectivity index (χ4v) is 0.162. The predicted octanol–water partition coefficient (Wildman–Crippen LogP) is 1.79. The van der Waals surface area contributed by atoms with Crippen molar-refractivity contribution in [3.63, 3.8) is 0 Å². The first-order chi connectivity index (χ1) is 3.98. The molecule has 0 aromatic rings. The van der Waals surface area contributed by atoms with E-state index in [4.69, 9.17) is 0 Å². The summed E-state index contributed by atoms with van der Waals surface area (Å²) in [4.78, 5) is 0. The van der Waals surface area contributed by atoms with Gasteiger partial charge in [0.1, 0.15) is 0 Å². The summed E-state index contributed by atoms with van der Waals surface area (Å²) in [6.07, 6.45) is -4.35. The van der Waals surface area contributed by atoms with E-state index in [0.29, 0.717) is 0 Å². The topological polar surface area (TPSA) is 9.23 Å². The molecule has 0 saturated heterocycles. The highest BCUT2D eigenvalue weighted by Gasteiger charge is 2.33. The molecule has 0 saturated carbocycles. The molecule has 0 atom stereocenters. The Kier molecular flexibility index (Phi) is 2.83. The first-order valence-electron chi connectivity index (χ1n) is 1.88. The van der Waals surface area contributed by atoms with Crippen LogP contribution in [0.1, 0.15) is 0 Å². The van der Waals surface area contributed by atoms with Gasteiger partial charge in [0.15, 0.2) is 6.67 Å². The SMILES string of the molecule is FCC(F)(F)OC(F)F. The molecule has 1 nitrogen and oxygen atoms in total. The molecule has 0 radical (unpaired) electrons. The van der Waals surface area contributed by atoms with Crippen molar-refractivity contribution in [2.45, 2.75) is 12.7 Å². The molecule has 0 amide bonds. The first kappa shape index (κ1) is 8.61. The standard InChI is InChI=1S/C3H3F5O/c4-1-3(7,8)9-2(5)6/h2H,1H2. The molecule has 0 aliphatic carbocycles. The lowest BCUT2D eigenvalue weighted by atomic mass is 10.7. The van der Waals surface area contributed by atoms with E-state index in [0.717, 1.165) is 0 Å². The molecule has 0 spiro atoms. The Morgan fingerprint density at radius 3 is 1.89 bits per heavy atom. The molecule has 0 heterocycles. The van der Waals surface area contributed by atoms with Gasteiger partial charge in [-0.2, -0.15) is 17.6 Å². The number of halogens is 5. The molecular weight excluding hydrogens is 147 g/mol. The van der Waals surface area contributed by atoms with Gasteiger partial charge < -0.3 is 0 Å². The van der Waals surface area contributed by atoms with Crippen LogP contribution in [0, 0.1) is 0 Å². The van der Waals surface area contributed by atoms with Gasteiger partial charge in [-0.15, -0.1) is 0 Å². The highest BCUT2D eigenvalue weighted by molar-refractivity contribution is 4.45. The van der Waals surface area contributed by atoms with E-state index in [-0.39, 0.29) is 0 Å². The molecule has 0 N–H and O–H groups in total. The zero-order chi connectivity index (χ0) is 7.49. The normalized spacial score (nSPS) is 12.7. The van der Waals surface area contributed by atoms with Crippen LogP contribution in [0.2, 0.25) is 0 Å². The summed E-state index contributed by atoms with van der Waals surface area (Å²) in [7, 11) is 0. The second-order valence-corrected chi connectivity index (χ2v) is 1.15. The zero-order valence-corrected chi connectivity index (χ0v) is 4.08. The van der Waals surface area contributed by atoms with Gasteiger partial charge in [0, 0.05) is 0 Å². The lowest BCUT2D eigenvalue weighted by molar-refractivity contribution is -0.323. The van der Waals surface area contributed by atoms with E-state index in [1.54, 1.807) is 0 Å². The summed E-state index contributed by atoms with van der Waals surface area (Å²) in [6.45, 7) is -5.88. The second kappa shape index (κ2) is 2.95.